The van der Waals surface area contributed by atoms with Crippen molar-refractivity contribution >= 4 is 60.6 Å². The van der Waals surface area contributed by atoms with Gasteiger partial charge in [-0.05, 0) is 0 Å². The van der Waals surface area contributed by atoms with Crippen LogP contribution in [-0.2, 0) is 17.9 Å². The van der Waals surface area contributed by atoms with Crippen LogP contribution in [0.1, 0.15) is 0 Å². The van der Waals surface area contributed by atoms with Crippen molar-refractivity contribution < 1.29 is 13.0 Å². The molecule has 0 atom stereocenters. The Balaban J connectivity index is 0. The first-order chi connectivity index (χ1) is 3.73. The zero-order valence-electron chi connectivity index (χ0n) is 3.55. The molecule has 0 saturated carbocycles. The maximum absolute atomic E-state index is 9.16. The molecule has 0 heterocycles. The third-order valence-electron chi connectivity index (χ3n) is 0. The zero-order chi connectivity index (χ0) is 8.08. The Bertz CT molecular complexity index is 125. The van der Waals surface area contributed by atoms with E-state index in [0.717, 1.165) is 0 Å². The van der Waals surface area contributed by atoms with Crippen molar-refractivity contribution in [1.82, 2.24) is 0 Å². The van der Waals surface area contributed by atoms with Crippen molar-refractivity contribution in [3.63, 3.8) is 0 Å². The lowest BCUT2D eigenvalue weighted by atomic mass is 15.9. The Labute approximate surface area is 73.3 Å². The van der Waals surface area contributed by atoms with E-state index >= 15 is 0 Å². The first-order valence-corrected chi connectivity index (χ1v) is 7.05. The minimum absolute atomic E-state index is 1.67. The van der Waals surface area contributed by atoms with Crippen molar-refractivity contribution in [3.05, 3.63) is 0 Å². The molecule has 58 valence electrons. The van der Waals surface area contributed by atoms with Crippen LogP contribution in [0.25, 0.3) is 0 Å². The fourth-order valence-corrected chi connectivity index (χ4v) is 0. The molecule has 0 unspecified atom stereocenters. The van der Waals surface area contributed by atoms with E-state index in [1.807, 2.05) is 0 Å². The number of rotatable bonds is 0. The van der Waals surface area contributed by atoms with Crippen molar-refractivity contribution in [2.75, 3.05) is 0 Å². The molecule has 0 rings (SSSR count). The Kier molecular flexibility index (Phi) is 8.91. The normalized spacial score (nSPS) is 10.4. The van der Waals surface area contributed by atoms with E-state index in [0.29, 0.717) is 0 Å². The minimum atomic E-state index is -3.72. The lowest BCUT2D eigenvalue weighted by Gasteiger charge is -1.73. The molecular weight excluding hydrogens is 254 g/mol. The molecule has 0 fully saturated rings. The van der Waals surface area contributed by atoms with Gasteiger partial charge in [-0.3, -0.25) is 0 Å². The van der Waals surface area contributed by atoms with Crippen LogP contribution in [0, 0.1) is 0 Å². The maximum atomic E-state index is 9.16. The van der Waals surface area contributed by atoms with Gasteiger partial charge in [0.25, 0.3) is 0 Å². The summed E-state index contributed by atoms with van der Waals surface area (Å²) in [6.07, 6.45) is 0. The Morgan fingerprint density at radius 1 is 1.22 bits per heavy atom. The SMILES string of the molecule is O=S(=O)(Cl)Cl.[O-][S+](Cl)Cl. The molecule has 0 amide bonds. The number of hydrogen-bond acceptors (Lipinski definition) is 3. The van der Waals surface area contributed by atoms with E-state index in [1.54, 1.807) is 0 Å². The largest absolute Gasteiger partial charge is 0.582 e. The van der Waals surface area contributed by atoms with Crippen LogP contribution in [0.4, 0.5) is 0 Å². The summed E-state index contributed by atoms with van der Waals surface area (Å²) in [7, 11) is 12.2. The van der Waals surface area contributed by atoms with Gasteiger partial charge in [0.15, 0.2) is 31.0 Å². The van der Waals surface area contributed by atoms with E-state index in [1.165, 1.54) is 0 Å². The van der Waals surface area contributed by atoms with Crippen LogP contribution in [0.3, 0.4) is 0 Å². The predicted octanol–water partition coefficient (Wildman–Crippen LogP) is 1.75. The molecule has 0 aromatic heterocycles. The second-order valence-corrected chi connectivity index (χ2v) is 6.76. The molecule has 0 saturated heterocycles. The van der Waals surface area contributed by atoms with Crippen LogP contribution < -0.4 is 0 Å². The summed E-state index contributed by atoms with van der Waals surface area (Å²) in [5.41, 5.74) is 0. The monoisotopic (exact) mass is 252 g/mol. The first kappa shape index (κ1) is 13.0. The summed E-state index contributed by atoms with van der Waals surface area (Å²) in [6.45, 7) is 0. The molecule has 0 aromatic rings. The summed E-state index contributed by atoms with van der Waals surface area (Å²) in [5.74, 6) is 0. The van der Waals surface area contributed by atoms with Gasteiger partial charge in [-0.25, -0.2) is 0 Å². The quantitative estimate of drug-likeness (QED) is 0.488. The van der Waals surface area contributed by atoms with Crippen molar-refractivity contribution in [1.29, 1.82) is 0 Å². The molecule has 3 nitrogen and oxygen atoms in total. The second-order valence-electron chi connectivity index (χ2n) is 0.563. The van der Waals surface area contributed by atoms with E-state index in [2.05, 4.69) is 42.7 Å². The summed E-state index contributed by atoms with van der Waals surface area (Å²) < 4.78 is 27.4. The molecule has 0 aliphatic rings. The smallest absolute Gasteiger partial charge is 0.317 e. The van der Waals surface area contributed by atoms with Gasteiger partial charge in [-0.1, -0.05) is 0 Å². The highest BCUT2D eigenvalue weighted by Crippen LogP contribution is 1.98. The fraction of sp³-hybridized carbons (Fsp3) is 0. The molecular formula is Cl4O3S2. The van der Waals surface area contributed by atoms with Crippen molar-refractivity contribution in [2.45, 2.75) is 0 Å². The Hall–Kier alpha value is 1.42. The molecule has 0 aliphatic heterocycles. The second kappa shape index (κ2) is 6.15. The van der Waals surface area contributed by atoms with Gasteiger partial charge in [-0.2, -0.15) is 8.42 Å². The van der Waals surface area contributed by atoms with Crippen LogP contribution in [-0.4, -0.2) is 13.0 Å². The maximum Gasteiger partial charge on any atom is 0.317 e. The average molecular weight is 254 g/mol. The van der Waals surface area contributed by atoms with Gasteiger partial charge in [0.2, 0.25) is 0 Å². The third-order valence-corrected chi connectivity index (χ3v) is 0. The number of hydrogen-bond donors (Lipinski definition) is 0. The van der Waals surface area contributed by atoms with Gasteiger partial charge in [0, 0.05) is 21.4 Å². The lowest BCUT2D eigenvalue weighted by Crippen LogP contribution is -1.63. The van der Waals surface area contributed by atoms with Crippen LogP contribution in [0.15, 0.2) is 0 Å². The highest BCUT2D eigenvalue weighted by molar-refractivity contribution is 8.31. The van der Waals surface area contributed by atoms with Crippen molar-refractivity contribution in [2.24, 2.45) is 0 Å². The van der Waals surface area contributed by atoms with Gasteiger partial charge >= 0.3 is 8.26 Å². The number of halogens is 4. The van der Waals surface area contributed by atoms with E-state index in [4.69, 9.17) is 13.0 Å². The van der Waals surface area contributed by atoms with Crippen molar-refractivity contribution in [3.8, 4) is 0 Å². The van der Waals surface area contributed by atoms with E-state index in [9.17, 15) is 0 Å². The van der Waals surface area contributed by atoms with E-state index in [-0.39, 0.29) is 0 Å². The van der Waals surface area contributed by atoms with Crippen LogP contribution in [0.2, 0.25) is 0 Å². The van der Waals surface area contributed by atoms with Gasteiger partial charge in [0.05, 0.1) is 0 Å². The Morgan fingerprint density at radius 3 is 1.22 bits per heavy atom. The third kappa shape index (κ3) is 257. The molecule has 9 heteroatoms. The summed E-state index contributed by atoms with van der Waals surface area (Å²) in [4.78, 5) is 0. The average Bonchev–Trinajstić information content (AvgIpc) is 1.19. The molecule has 0 aromatic carbocycles. The summed E-state index contributed by atoms with van der Waals surface area (Å²) in [5, 5.41) is 0. The fourth-order valence-electron chi connectivity index (χ4n) is 0. The minimum Gasteiger partial charge on any atom is -0.582 e. The molecule has 0 radical (unpaired) electrons. The summed E-state index contributed by atoms with van der Waals surface area (Å²) in [6, 6.07) is 0. The molecule has 0 aliphatic carbocycles. The van der Waals surface area contributed by atoms with Gasteiger partial charge in [-0.15, -0.1) is 0 Å². The van der Waals surface area contributed by atoms with Gasteiger partial charge < -0.3 is 4.55 Å². The summed E-state index contributed by atoms with van der Waals surface area (Å²) >= 11 is 0. The first-order valence-electron chi connectivity index (χ1n) is 1.12. The van der Waals surface area contributed by atoms with Gasteiger partial charge in [0.1, 0.15) is 0 Å². The van der Waals surface area contributed by atoms with Crippen LogP contribution >= 0.6 is 42.7 Å². The predicted molar refractivity (Wildman–Crippen MR) is 40.5 cm³/mol. The van der Waals surface area contributed by atoms with Crippen LogP contribution in [0.5, 0.6) is 0 Å². The zero-order valence-corrected chi connectivity index (χ0v) is 8.21. The molecule has 9 heavy (non-hydrogen) atoms. The molecule has 0 N–H and O–H groups in total. The topological polar surface area (TPSA) is 57.2 Å². The standard InChI is InChI=1S/Cl2O2S.Cl2OS/c1-5(2,3)4;1-4(2)3. The molecule has 0 spiro atoms. The lowest BCUT2D eigenvalue weighted by molar-refractivity contribution is 0.620. The highest BCUT2D eigenvalue weighted by atomic mass is 36.0. The Morgan fingerprint density at radius 2 is 1.22 bits per heavy atom. The molecule has 0 bridgehead atoms. The highest BCUT2D eigenvalue weighted by Gasteiger charge is 1.88. The van der Waals surface area contributed by atoms with E-state index < -0.39 is 17.9 Å².